The van der Waals surface area contributed by atoms with Gasteiger partial charge in [0.2, 0.25) is 0 Å². The van der Waals surface area contributed by atoms with Crippen LogP contribution in [0.4, 0.5) is 0 Å². The first-order valence-corrected chi connectivity index (χ1v) is 31.4. The summed E-state index contributed by atoms with van der Waals surface area (Å²) in [5, 5.41) is 54.8. The van der Waals surface area contributed by atoms with Crippen molar-refractivity contribution >= 4 is 0 Å². The molecule has 0 aromatic carbocycles. The molecule has 0 aliphatic carbocycles. The van der Waals surface area contributed by atoms with Gasteiger partial charge in [0.15, 0.2) is 0 Å². The van der Waals surface area contributed by atoms with Crippen molar-refractivity contribution in [2.24, 2.45) is 0 Å². The van der Waals surface area contributed by atoms with Gasteiger partial charge in [-0.3, -0.25) is 0 Å². The topological polar surface area (TPSA) is 169 Å². The summed E-state index contributed by atoms with van der Waals surface area (Å²) in [5.74, 6) is 0. The average Bonchev–Trinajstić information content (AvgIpc) is 3.35. The van der Waals surface area contributed by atoms with Crippen LogP contribution in [-0.2, 0) is 101 Å². The molecule has 510 valence electrons. The molecule has 0 spiro atoms. The molecule has 14 atom stereocenters. The van der Waals surface area contributed by atoms with Crippen LogP contribution in [0.2, 0.25) is 0 Å². The van der Waals surface area contributed by atoms with Crippen LogP contribution in [0.3, 0.4) is 0 Å². The van der Waals surface area contributed by atoms with E-state index in [9.17, 15) is 0 Å². The van der Waals surface area contributed by atoms with E-state index in [1.54, 1.807) is 0 Å². The summed E-state index contributed by atoms with van der Waals surface area (Å²) in [7, 11) is 3.70. The molecule has 0 aromatic heterocycles. The molecule has 18 heteroatoms. The fourth-order valence-corrected chi connectivity index (χ4v) is 8.42. The summed E-state index contributed by atoms with van der Waals surface area (Å²) in [4.78, 5) is 0. The normalized spacial score (nSPS) is 16.0. The Kier molecular flexibility index (Phi) is 99.3. The predicted octanol–water partition coefficient (Wildman–Crippen LogP) is 21.5. The van der Waals surface area contributed by atoms with Crippen molar-refractivity contribution in [1.82, 2.24) is 0 Å². The van der Waals surface area contributed by atoms with Gasteiger partial charge in [0.1, 0.15) is 0 Å². The first-order valence-electron chi connectivity index (χ1n) is 31.4. The molecule has 0 saturated carbocycles. The zero-order valence-corrected chi connectivity index (χ0v) is 65.7. The number of rotatable bonds is 36. The van der Waals surface area contributed by atoms with E-state index < -0.39 is 0 Å². The van der Waals surface area contributed by atoms with E-state index in [0.29, 0.717) is 96.7 Å². The zero-order chi connectivity index (χ0) is 60.6. The van der Waals surface area contributed by atoms with Crippen molar-refractivity contribution in [3.8, 4) is 0 Å². The van der Waals surface area contributed by atoms with Crippen molar-refractivity contribution in [2.45, 2.75) is 380 Å². The Labute approximate surface area is 579 Å². The van der Waals surface area contributed by atoms with Crippen LogP contribution in [0.15, 0.2) is 0 Å². The van der Waals surface area contributed by atoms with E-state index in [2.05, 4.69) is 250 Å². The third-order valence-corrected chi connectivity index (χ3v) is 13.0. The van der Waals surface area contributed by atoms with Gasteiger partial charge in [-0.25, -0.2) is 0 Å². The fourth-order valence-electron chi connectivity index (χ4n) is 8.42. The van der Waals surface area contributed by atoms with Crippen LogP contribution >= 0.6 is 0 Å². The number of nitrogens with zero attached hydrogens (tertiary/aromatic N) is 12. The molecule has 0 amide bonds. The molecular formula is C64H140Co6N12. The van der Waals surface area contributed by atoms with E-state index >= 15 is 0 Å². The van der Waals surface area contributed by atoms with Crippen LogP contribution in [0.5, 0.6) is 0 Å². The van der Waals surface area contributed by atoms with Gasteiger partial charge < -0.3 is 63.8 Å². The Balaban J connectivity index is -0.0000000711. The van der Waals surface area contributed by atoms with Crippen molar-refractivity contribution in [3.63, 3.8) is 0 Å². The molecule has 0 aliphatic heterocycles. The number of hydrogen-bond donors (Lipinski definition) is 0. The molecule has 82 heavy (non-hydrogen) atoms. The summed E-state index contributed by atoms with van der Waals surface area (Å²) in [6, 6.07) is 6.55. The second-order valence-electron chi connectivity index (χ2n) is 23.5. The van der Waals surface area contributed by atoms with Gasteiger partial charge in [-0.1, -0.05) is 272 Å². The number of likely N-dealkylation sites (N-methyl/N-ethyl adjacent to an activating group) is 4. The van der Waals surface area contributed by atoms with Gasteiger partial charge in [0.25, 0.3) is 0 Å². The minimum Gasteiger partial charge on any atom is -0.664 e. The predicted molar refractivity (Wildman–Crippen MR) is 354 cm³/mol. The van der Waals surface area contributed by atoms with Crippen molar-refractivity contribution in [2.75, 3.05) is 40.3 Å². The first-order chi connectivity index (χ1) is 35.3. The maximum Gasteiger partial charge on any atom is 2.00 e. The van der Waals surface area contributed by atoms with Crippen LogP contribution in [0, 0.1) is 0 Å². The molecule has 0 fully saturated rings. The second-order valence-corrected chi connectivity index (χ2v) is 23.5. The third-order valence-electron chi connectivity index (χ3n) is 13.0. The van der Waals surface area contributed by atoms with Crippen molar-refractivity contribution < 1.29 is 101 Å². The Hall–Kier alpha value is 2.56. The molecule has 0 rings (SSSR count). The molecule has 0 N–H and O–H groups in total. The summed E-state index contributed by atoms with van der Waals surface area (Å²) in [6.45, 7) is 68.5. The standard InChI is InChI=1S/2C13H28N2.2C11H24N2.C9H20N2.C7H16N2.6Co/c1-9-11(15-13(6,7)8)10(2)14-12(3,4)5;1-7-10(4)14-12(6)13(9-3)15-11(5)8-2;1-7-11(13-9(4)5)10(6)12-8(2)3;1-5-8-12-10(4)11(7-3)13-9-6-2;1-5-9(11-7-3)8(4)10-6-2;1-5-7(9-4)6(2)8-3;;;;;;/h10-11H,9H2,1-8H3;10-13H,7-9H2,1-6H3;8-11H,7H2,1-6H3;10-11H,5-9H2,1-4H3;8-9H,5-7H2,1-4H3;6-7H,5H2,1-4H3;;;;;;/q6*-2;6*+2. The second kappa shape index (κ2) is 72.6. The Morgan fingerprint density at radius 2 is 0.622 bits per heavy atom. The summed E-state index contributed by atoms with van der Waals surface area (Å²) >= 11 is 0. The molecule has 0 heterocycles. The maximum atomic E-state index is 4.82. The van der Waals surface area contributed by atoms with Gasteiger partial charge in [-0.05, 0) is 0 Å². The van der Waals surface area contributed by atoms with Crippen LogP contribution in [-0.4, -0.2) is 148 Å². The minimum atomic E-state index is 0. The molecule has 0 aromatic rings. The molecule has 0 saturated heterocycles. The molecule has 14 unspecified atom stereocenters. The van der Waals surface area contributed by atoms with E-state index in [-0.39, 0.29) is 112 Å². The third kappa shape index (κ3) is 73.3. The van der Waals surface area contributed by atoms with E-state index in [1.165, 1.54) is 0 Å². The molecule has 0 aliphatic rings. The SMILES string of the molecule is CCC(C)[N-]C(C)C(CC)[N-]C(C)CC.CCC([N-]C(C)(C)C)C(C)[N-]C(C)(C)C.CCC([N-]C(C)C)C(C)[N-]C(C)C.CCC([N-]C)C(C)[N-]C.CCC[N-]C(C)C(CC)[N-]CCC.CC[N-]C(C)C(CC)[N-]CC.[Co+2].[Co+2].[Co+2].[Co+2].[Co+2].[Co+2]. The fraction of sp³-hybridized carbons (Fsp3) is 1.00. The zero-order valence-electron chi connectivity index (χ0n) is 59.5. The Bertz CT molecular complexity index is 1160. The maximum absolute atomic E-state index is 4.82. The van der Waals surface area contributed by atoms with Crippen LogP contribution < -0.4 is 0 Å². The smallest absolute Gasteiger partial charge is 0.664 e. The summed E-state index contributed by atoms with van der Waals surface area (Å²) < 4.78 is 0. The summed E-state index contributed by atoms with van der Waals surface area (Å²) in [6.07, 6.45) is 11.1. The van der Waals surface area contributed by atoms with Crippen LogP contribution in [0.25, 0.3) is 63.8 Å². The first kappa shape index (κ1) is 112. The van der Waals surface area contributed by atoms with Gasteiger partial charge in [-0.15, -0.1) is 48.3 Å². The van der Waals surface area contributed by atoms with Crippen molar-refractivity contribution in [3.05, 3.63) is 63.8 Å². The van der Waals surface area contributed by atoms with E-state index in [0.717, 1.165) is 90.4 Å². The van der Waals surface area contributed by atoms with Gasteiger partial charge >= 0.3 is 101 Å². The van der Waals surface area contributed by atoms with Gasteiger partial charge in [0, 0.05) is 0 Å². The quantitative estimate of drug-likeness (QED) is 0.0582. The Morgan fingerprint density at radius 3 is 0.927 bits per heavy atom. The summed E-state index contributed by atoms with van der Waals surface area (Å²) in [5.41, 5.74) is 0.0859. The minimum absolute atomic E-state index is 0. The average molecular weight is 1430 g/mol. The molecular weight excluding hydrogens is 1290 g/mol. The van der Waals surface area contributed by atoms with Crippen LogP contribution in [0.1, 0.15) is 272 Å². The number of hydrogen-bond acceptors (Lipinski definition) is 0. The largest absolute Gasteiger partial charge is 2.00 e. The monoisotopic (exact) mass is 1430 g/mol. The van der Waals surface area contributed by atoms with Gasteiger partial charge in [0.05, 0.1) is 0 Å². The molecule has 6 radical (unpaired) electrons. The van der Waals surface area contributed by atoms with E-state index in [4.69, 9.17) is 21.3 Å². The van der Waals surface area contributed by atoms with Crippen molar-refractivity contribution in [1.29, 1.82) is 0 Å². The molecule has 0 bridgehead atoms. The van der Waals surface area contributed by atoms with Gasteiger partial charge in [-0.2, -0.15) is 99.7 Å². The van der Waals surface area contributed by atoms with E-state index in [1.807, 2.05) is 14.1 Å². The molecule has 12 nitrogen and oxygen atoms in total. The Morgan fingerprint density at radius 1 is 0.280 bits per heavy atom.